The summed E-state index contributed by atoms with van der Waals surface area (Å²) in [7, 11) is 0. The second-order valence-corrected chi connectivity index (χ2v) is 5.58. The highest BCUT2D eigenvalue weighted by Crippen LogP contribution is 2.28. The van der Waals surface area contributed by atoms with Crippen LogP contribution in [-0.4, -0.2) is 36.2 Å². The lowest BCUT2D eigenvalue weighted by Crippen LogP contribution is -2.57. The fourth-order valence-corrected chi connectivity index (χ4v) is 2.31. The van der Waals surface area contributed by atoms with Gasteiger partial charge in [-0.25, -0.2) is 4.79 Å². The van der Waals surface area contributed by atoms with Gasteiger partial charge >= 0.3 is 5.97 Å². The van der Waals surface area contributed by atoms with Crippen molar-refractivity contribution in [2.24, 2.45) is 0 Å². The quantitative estimate of drug-likeness (QED) is 0.619. The molecule has 2 bridgehead atoms. The van der Waals surface area contributed by atoms with Gasteiger partial charge in [-0.2, -0.15) is 0 Å². The normalized spacial score (nSPS) is 35.3. The summed E-state index contributed by atoms with van der Waals surface area (Å²) in [6.45, 7) is 7.32. The Bertz CT molecular complexity index is 268. The lowest BCUT2D eigenvalue weighted by atomic mass is 9.91. The van der Waals surface area contributed by atoms with Gasteiger partial charge in [0.15, 0.2) is 0 Å². The van der Waals surface area contributed by atoms with Gasteiger partial charge in [-0.3, -0.25) is 0 Å². The first-order valence-electron chi connectivity index (χ1n) is 5.63. The van der Waals surface area contributed by atoms with Crippen LogP contribution in [0.15, 0.2) is 0 Å². The minimum atomic E-state index is -0.462. The van der Waals surface area contributed by atoms with E-state index in [9.17, 15) is 4.79 Å². The van der Waals surface area contributed by atoms with Crippen LogP contribution in [0.2, 0.25) is 0 Å². The van der Waals surface area contributed by atoms with Crippen molar-refractivity contribution in [1.82, 2.24) is 10.6 Å². The molecule has 0 aliphatic carbocycles. The monoisotopic (exact) mass is 212 g/mol. The SMILES string of the molecule is CC(C)(C)OC(=O)C12CNC(CCN1)C2. The fourth-order valence-electron chi connectivity index (χ4n) is 2.31. The molecule has 2 saturated heterocycles. The van der Waals surface area contributed by atoms with Gasteiger partial charge in [-0.1, -0.05) is 0 Å². The summed E-state index contributed by atoms with van der Waals surface area (Å²) in [6.07, 6.45) is 1.96. The Morgan fingerprint density at radius 1 is 1.47 bits per heavy atom. The molecule has 15 heavy (non-hydrogen) atoms. The van der Waals surface area contributed by atoms with Crippen LogP contribution in [0.3, 0.4) is 0 Å². The van der Waals surface area contributed by atoms with Gasteiger partial charge in [0.2, 0.25) is 0 Å². The van der Waals surface area contributed by atoms with Gasteiger partial charge in [-0.15, -0.1) is 0 Å². The van der Waals surface area contributed by atoms with Gasteiger partial charge in [0.25, 0.3) is 0 Å². The van der Waals surface area contributed by atoms with E-state index in [1.807, 2.05) is 20.8 Å². The van der Waals surface area contributed by atoms with E-state index in [-0.39, 0.29) is 5.97 Å². The van der Waals surface area contributed by atoms with Gasteiger partial charge in [0.1, 0.15) is 11.1 Å². The Morgan fingerprint density at radius 3 is 2.87 bits per heavy atom. The molecule has 4 heteroatoms. The third-order valence-corrected chi connectivity index (χ3v) is 3.03. The number of rotatable bonds is 1. The molecule has 0 amide bonds. The molecule has 2 N–H and O–H groups in total. The van der Waals surface area contributed by atoms with E-state index in [1.54, 1.807) is 0 Å². The molecule has 2 aliphatic heterocycles. The maximum atomic E-state index is 12.1. The summed E-state index contributed by atoms with van der Waals surface area (Å²) in [4.78, 5) is 12.1. The number of carbonyl (C=O) groups excluding carboxylic acids is 1. The maximum absolute atomic E-state index is 12.1. The highest BCUT2D eigenvalue weighted by Gasteiger charge is 2.49. The van der Waals surface area contributed by atoms with Gasteiger partial charge in [0, 0.05) is 12.6 Å². The number of piperidine rings is 1. The molecule has 0 radical (unpaired) electrons. The number of carbonyl (C=O) groups is 1. The molecule has 2 fully saturated rings. The van der Waals surface area contributed by atoms with E-state index in [2.05, 4.69) is 10.6 Å². The van der Waals surface area contributed by atoms with Crippen molar-refractivity contribution in [3.63, 3.8) is 0 Å². The van der Waals surface area contributed by atoms with Crippen LogP contribution in [0, 0.1) is 0 Å². The van der Waals surface area contributed by atoms with E-state index in [1.165, 1.54) is 0 Å². The number of esters is 1. The third-order valence-electron chi connectivity index (χ3n) is 3.03. The minimum Gasteiger partial charge on any atom is -0.459 e. The first-order valence-corrected chi connectivity index (χ1v) is 5.63. The predicted molar refractivity (Wildman–Crippen MR) is 57.6 cm³/mol. The molecule has 0 saturated carbocycles. The van der Waals surface area contributed by atoms with Crippen molar-refractivity contribution in [1.29, 1.82) is 0 Å². The average molecular weight is 212 g/mol. The number of hydrogen-bond donors (Lipinski definition) is 2. The first-order chi connectivity index (χ1) is 6.91. The van der Waals surface area contributed by atoms with Crippen LogP contribution in [-0.2, 0) is 9.53 Å². The third kappa shape index (κ3) is 2.16. The molecular weight excluding hydrogens is 192 g/mol. The van der Waals surface area contributed by atoms with Crippen LogP contribution >= 0.6 is 0 Å². The minimum absolute atomic E-state index is 0.107. The molecule has 2 unspecified atom stereocenters. The molecule has 0 aromatic rings. The van der Waals surface area contributed by atoms with Crippen molar-refractivity contribution < 1.29 is 9.53 Å². The van der Waals surface area contributed by atoms with E-state index in [4.69, 9.17) is 4.74 Å². The summed E-state index contributed by atoms with van der Waals surface area (Å²) in [5.74, 6) is -0.107. The van der Waals surface area contributed by atoms with Crippen molar-refractivity contribution in [3.8, 4) is 0 Å². The topological polar surface area (TPSA) is 50.4 Å². The number of fused-ring (bicyclic) bond motifs is 2. The number of hydrogen-bond acceptors (Lipinski definition) is 4. The van der Waals surface area contributed by atoms with Crippen molar-refractivity contribution >= 4 is 5.97 Å². The second kappa shape index (κ2) is 3.46. The molecule has 86 valence electrons. The maximum Gasteiger partial charge on any atom is 0.328 e. The Hall–Kier alpha value is -0.610. The van der Waals surface area contributed by atoms with Crippen molar-refractivity contribution in [2.75, 3.05) is 13.1 Å². The fraction of sp³-hybridized carbons (Fsp3) is 0.909. The molecule has 4 nitrogen and oxygen atoms in total. The number of nitrogens with one attached hydrogen (secondary N) is 2. The van der Waals surface area contributed by atoms with Crippen molar-refractivity contribution in [2.45, 2.75) is 50.8 Å². The van der Waals surface area contributed by atoms with Gasteiger partial charge in [-0.05, 0) is 40.2 Å². The number of ether oxygens (including phenoxy) is 1. The molecule has 0 spiro atoms. The largest absolute Gasteiger partial charge is 0.459 e. The zero-order valence-electron chi connectivity index (χ0n) is 9.72. The van der Waals surface area contributed by atoms with Gasteiger partial charge < -0.3 is 15.4 Å². The molecule has 0 aromatic carbocycles. The standard InChI is InChI=1S/C11H20N2O2/c1-10(2,3)15-9(14)11-6-8(12-7-11)4-5-13-11/h8,12-13H,4-7H2,1-3H3. The smallest absolute Gasteiger partial charge is 0.328 e. The Labute approximate surface area is 90.8 Å². The Kier molecular flexibility index (Phi) is 2.51. The lowest BCUT2D eigenvalue weighted by molar-refractivity contribution is -0.162. The molecule has 2 rings (SSSR count). The van der Waals surface area contributed by atoms with Crippen LogP contribution in [0.4, 0.5) is 0 Å². The zero-order chi connectivity index (χ0) is 11.1. The van der Waals surface area contributed by atoms with E-state index in [0.717, 1.165) is 19.4 Å². The summed E-state index contributed by atoms with van der Waals surface area (Å²) < 4.78 is 5.46. The van der Waals surface area contributed by atoms with Crippen LogP contribution in [0.5, 0.6) is 0 Å². The van der Waals surface area contributed by atoms with E-state index >= 15 is 0 Å². The van der Waals surface area contributed by atoms with Crippen LogP contribution in [0.1, 0.15) is 33.6 Å². The zero-order valence-corrected chi connectivity index (χ0v) is 9.72. The Balaban J connectivity index is 2.06. The summed E-state index contributed by atoms with van der Waals surface area (Å²) in [5.41, 5.74) is -0.862. The summed E-state index contributed by atoms with van der Waals surface area (Å²) in [5, 5.41) is 6.67. The predicted octanol–water partition coefficient (Wildman–Crippen LogP) is 0.422. The molecule has 2 heterocycles. The summed E-state index contributed by atoms with van der Waals surface area (Å²) in [6, 6.07) is 0.485. The van der Waals surface area contributed by atoms with Crippen molar-refractivity contribution in [3.05, 3.63) is 0 Å². The molecule has 2 atom stereocenters. The molecule has 2 aliphatic rings. The lowest BCUT2D eigenvalue weighted by Gasteiger charge is -2.33. The van der Waals surface area contributed by atoms with E-state index in [0.29, 0.717) is 12.6 Å². The Morgan fingerprint density at radius 2 is 2.20 bits per heavy atom. The van der Waals surface area contributed by atoms with Crippen LogP contribution in [0.25, 0.3) is 0 Å². The van der Waals surface area contributed by atoms with Crippen LogP contribution < -0.4 is 10.6 Å². The highest BCUT2D eigenvalue weighted by molar-refractivity contribution is 5.82. The van der Waals surface area contributed by atoms with E-state index < -0.39 is 11.1 Å². The summed E-state index contributed by atoms with van der Waals surface area (Å²) >= 11 is 0. The highest BCUT2D eigenvalue weighted by atomic mass is 16.6. The molecular formula is C11H20N2O2. The molecule has 0 aromatic heterocycles. The van der Waals surface area contributed by atoms with Gasteiger partial charge in [0.05, 0.1) is 0 Å². The first kappa shape index (κ1) is 10.9. The average Bonchev–Trinajstić information content (AvgIpc) is 2.41. The second-order valence-electron chi connectivity index (χ2n) is 5.58.